The summed E-state index contributed by atoms with van der Waals surface area (Å²) in [5.41, 5.74) is 6.27. The third-order valence-electron chi connectivity index (χ3n) is 2.77. The van der Waals surface area contributed by atoms with Gasteiger partial charge in [-0.15, -0.1) is 0 Å². The van der Waals surface area contributed by atoms with Crippen LogP contribution in [0.4, 0.5) is 10.1 Å². The Balaban J connectivity index is 2.96. The Kier molecular flexibility index (Phi) is 4.55. The van der Waals surface area contributed by atoms with E-state index in [0.717, 1.165) is 12.1 Å². The summed E-state index contributed by atoms with van der Waals surface area (Å²) in [7, 11) is 3.50. The highest BCUT2D eigenvalue weighted by atomic mass is 19.1. The van der Waals surface area contributed by atoms with Gasteiger partial charge in [-0.3, -0.25) is 0 Å². The van der Waals surface area contributed by atoms with Crippen molar-refractivity contribution in [2.45, 2.75) is 19.4 Å². The minimum atomic E-state index is -0.261. The molecule has 0 saturated carbocycles. The molecule has 1 aromatic rings. The van der Waals surface area contributed by atoms with E-state index in [1.54, 1.807) is 13.2 Å². The largest absolute Gasteiger partial charge is 0.495 e. The molecule has 90 valence electrons. The molecule has 0 radical (unpaired) electrons. The van der Waals surface area contributed by atoms with Crippen LogP contribution in [0.1, 0.15) is 13.3 Å². The van der Waals surface area contributed by atoms with Crippen LogP contribution in [0, 0.1) is 5.82 Å². The van der Waals surface area contributed by atoms with Gasteiger partial charge in [0, 0.05) is 19.2 Å². The van der Waals surface area contributed by atoms with Crippen molar-refractivity contribution in [3.8, 4) is 5.75 Å². The summed E-state index contributed by atoms with van der Waals surface area (Å²) in [5.74, 6) is 0.412. The maximum Gasteiger partial charge on any atom is 0.142 e. The number of ether oxygens (including phenoxy) is 1. The molecule has 4 heteroatoms. The highest BCUT2D eigenvalue weighted by Crippen LogP contribution is 2.29. The molecule has 0 aromatic heterocycles. The van der Waals surface area contributed by atoms with Gasteiger partial charge in [-0.25, -0.2) is 4.39 Å². The lowest BCUT2D eigenvalue weighted by molar-refractivity contribution is 0.412. The first-order valence-corrected chi connectivity index (χ1v) is 5.36. The number of hydrogen-bond donors (Lipinski definition) is 1. The molecule has 2 N–H and O–H groups in total. The van der Waals surface area contributed by atoms with E-state index in [2.05, 4.69) is 6.92 Å². The lowest BCUT2D eigenvalue weighted by Crippen LogP contribution is -2.31. The van der Waals surface area contributed by atoms with Crippen molar-refractivity contribution in [2.75, 3.05) is 25.6 Å². The number of nitrogens with zero attached hydrogens (tertiary/aromatic N) is 1. The molecule has 1 atom stereocenters. The van der Waals surface area contributed by atoms with Gasteiger partial charge in [0.05, 0.1) is 12.8 Å². The normalized spacial score (nSPS) is 12.3. The van der Waals surface area contributed by atoms with Crippen LogP contribution in [0.25, 0.3) is 0 Å². The topological polar surface area (TPSA) is 38.5 Å². The van der Waals surface area contributed by atoms with E-state index in [4.69, 9.17) is 10.5 Å². The molecule has 0 spiro atoms. The highest BCUT2D eigenvalue weighted by Gasteiger charge is 2.14. The Morgan fingerprint density at radius 1 is 1.50 bits per heavy atom. The lowest BCUT2D eigenvalue weighted by Gasteiger charge is -2.28. The zero-order valence-corrected chi connectivity index (χ0v) is 10.0. The predicted molar refractivity (Wildman–Crippen MR) is 64.5 cm³/mol. The molecule has 3 nitrogen and oxygen atoms in total. The Labute approximate surface area is 96.0 Å². The quantitative estimate of drug-likeness (QED) is 0.834. The number of nitrogens with two attached hydrogens (primary N) is 1. The Hall–Kier alpha value is -1.29. The fourth-order valence-electron chi connectivity index (χ4n) is 1.61. The van der Waals surface area contributed by atoms with Gasteiger partial charge >= 0.3 is 0 Å². The molecule has 1 aromatic carbocycles. The second-order valence-corrected chi connectivity index (χ2v) is 3.85. The molecule has 0 amide bonds. The minimum absolute atomic E-state index is 0.251. The summed E-state index contributed by atoms with van der Waals surface area (Å²) >= 11 is 0. The first-order chi connectivity index (χ1) is 7.60. The number of hydrogen-bond acceptors (Lipinski definition) is 3. The number of rotatable bonds is 5. The Morgan fingerprint density at radius 2 is 2.19 bits per heavy atom. The SMILES string of the molecule is COc1ccc(F)cc1N(C)C(C)CCN. The summed E-state index contributed by atoms with van der Waals surface area (Å²) in [6.07, 6.45) is 0.857. The Bertz CT molecular complexity index is 344. The molecule has 0 heterocycles. The summed E-state index contributed by atoms with van der Waals surface area (Å²) in [6, 6.07) is 4.76. The molecule has 1 rings (SSSR count). The second kappa shape index (κ2) is 5.70. The molecule has 0 aliphatic heterocycles. The van der Waals surface area contributed by atoms with Crippen molar-refractivity contribution in [1.82, 2.24) is 0 Å². The second-order valence-electron chi connectivity index (χ2n) is 3.85. The van der Waals surface area contributed by atoms with Crippen LogP contribution in [0.5, 0.6) is 5.75 Å². The van der Waals surface area contributed by atoms with Crippen molar-refractivity contribution < 1.29 is 9.13 Å². The van der Waals surface area contributed by atoms with Gasteiger partial charge in [0.2, 0.25) is 0 Å². The van der Waals surface area contributed by atoms with Gasteiger partial charge in [0.25, 0.3) is 0 Å². The summed E-state index contributed by atoms with van der Waals surface area (Å²) in [4.78, 5) is 1.98. The molecular weight excluding hydrogens is 207 g/mol. The average Bonchev–Trinajstić information content (AvgIpc) is 2.28. The maximum atomic E-state index is 13.2. The summed E-state index contributed by atoms with van der Waals surface area (Å²) < 4.78 is 18.4. The van der Waals surface area contributed by atoms with Gasteiger partial charge in [-0.1, -0.05) is 0 Å². The molecular formula is C12H19FN2O. The van der Waals surface area contributed by atoms with Crippen LogP contribution in [-0.4, -0.2) is 26.7 Å². The molecule has 0 saturated heterocycles. The first-order valence-electron chi connectivity index (χ1n) is 5.36. The highest BCUT2D eigenvalue weighted by molar-refractivity contribution is 5.58. The van der Waals surface area contributed by atoms with Gasteiger partial charge in [-0.05, 0) is 32.0 Å². The van der Waals surface area contributed by atoms with Gasteiger partial charge in [-0.2, -0.15) is 0 Å². The zero-order valence-electron chi connectivity index (χ0n) is 10.0. The molecule has 16 heavy (non-hydrogen) atoms. The van der Waals surface area contributed by atoms with Crippen molar-refractivity contribution in [1.29, 1.82) is 0 Å². The standard InChI is InChI=1S/C12H19FN2O/c1-9(6-7-14)15(2)11-8-10(13)4-5-12(11)16-3/h4-5,8-9H,6-7,14H2,1-3H3. The maximum absolute atomic E-state index is 13.2. The van der Waals surface area contributed by atoms with E-state index in [0.29, 0.717) is 12.3 Å². The van der Waals surface area contributed by atoms with Crippen LogP contribution < -0.4 is 15.4 Å². The van der Waals surface area contributed by atoms with Gasteiger partial charge in [0.1, 0.15) is 11.6 Å². The fraction of sp³-hybridized carbons (Fsp3) is 0.500. The molecule has 0 aliphatic carbocycles. The van der Waals surface area contributed by atoms with Crippen LogP contribution in [-0.2, 0) is 0 Å². The van der Waals surface area contributed by atoms with E-state index >= 15 is 0 Å². The van der Waals surface area contributed by atoms with Crippen LogP contribution in [0.15, 0.2) is 18.2 Å². The van der Waals surface area contributed by atoms with Crippen molar-refractivity contribution in [3.63, 3.8) is 0 Å². The summed E-state index contributed by atoms with van der Waals surface area (Å²) in [6.45, 7) is 2.67. The van der Waals surface area contributed by atoms with E-state index in [9.17, 15) is 4.39 Å². The summed E-state index contributed by atoms with van der Waals surface area (Å²) in [5, 5.41) is 0. The van der Waals surface area contributed by atoms with Crippen LogP contribution >= 0.6 is 0 Å². The molecule has 1 unspecified atom stereocenters. The minimum Gasteiger partial charge on any atom is -0.495 e. The monoisotopic (exact) mass is 226 g/mol. The number of benzene rings is 1. The zero-order chi connectivity index (χ0) is 12.1. The van der Waals surface area contributed by atoms with Crippen molar-refractivity contribution >= 4 is 5.69 Å². The fourth-order valence-corrected chi connectivity index (χ4v) is 1.61. The van der Waals surface area contributed by atoms with Gasteiger partial charge in [0.15, 0.2) is 0 Å². The van der Waals surface area contributed by atoms with Crippen molar-refractivity contribution in [3.05, 3.63) is 24.0 Å². The van der Waals surface area contributed by atoms with Crippen LogP contribution in [0.3, 0.4) is 0 Å². The predicted octanol–water partition coefficient (Wildman–Crippen LogP) is 2.01. The van der Waals surface area contributed by atoms with E-state index in [-0.39, 0.29) is 11.9 Å². The van der Waals surface area contributed by atoms with E-state index < -0.39 is 0 Å². The van der Waals surface area contributed by atoms with Gasteiger partial charge < -0.3 is 15.4 Å². The number of methoxy groups -OCH3 is 1. The lowest BCUT2D eigenvalue weighted by atomic mass is 10.1. The first kappa shape index (κ1) is 12.8. The Morgan fingerprint density at radius 3 is 2.75 bits per heavy atom. The van der Waals surface area contributed by atoms with Crippen molar-refractivity contribution in [2.24, 2.45) is 5.73 Å². The molecule has 0 aliphatic rings. The third-order valence-corrected chi connectivity index (χ3v) is 2.77. The van der Waals surface area contributed by atoms with E-state index in [1.165, 1.54) is 12.1 Å². The van der Waals surface area contributed by atoms with Crippen LogP contribution in [0.2, 0.25) is 0 Å². The van der Waals surface area contributed by atoms with E-state index in [1.807, 2.05) is 11.9 Å². The molecule has 0 fully saturated rings. The molecule has 0 bridgehead atoms. The smallest absolute Gasteiger partial charge is 0.142 e. The average molecular weight is 226 g/mol. The third kappa shape index (κ3) is 2.85. The number of halogens is 1. The number of anilines is 1.